The first-order chi connectivity index (χ1) is 14.1. The number of rotatable bonds is 5. The average molecular weight is 416 g/mol. The number of nitrogens with one attached hydrogen (secondary N) is 1. The Morgan fingerprint density at radius 2 is 2.10 bits per heavy atom. The maximum atomic E-state index is 14.4. The summed E-state index contributed by atoms with van der Waals surface area (Å²) in [5, 5.41) is 3.42. The van der Waals surface area contributed by atoms with Gasteiger partial charge >= 0.3 is 0 Å². The Labute approximate surface area is 172 Å². The summed E-state index contributed by atoms with van der Waals surface area (Å²) in [6.45, 7) is 2.50. The Bertz CT molecular complexity index is 1010. The standard InChI is InChI=1S/C20H19ClFN5O2/c21-16-10-15(20(28)26-5-7-29-8-6-26)12-25-19(16)24-11-14-1-2-18(17(22)9-14)27-4-3-23-13-27/h1-4,9-10,12-13H,5-8,11H2,(H,24,25). The van der Waals surface area contributed by atoms with E-state index in [4.69, 9.17) is 16.3 Å². The van der Waals surface area contributed by atoms with Crippen LogP contribution in [0.1, 0.15) is 15.9 Å². The first-order valence-corrected chi connectivity index (χ1v) is 9.53. The molecule has 0 spiro atoms. The number of anilines is 1. The summed E-state index contributed by atoms with van der Waals surface area (Å²) in [6.07, 6.45) is 6.31. The molecule has 3 heterocycles. The van der Waals surface area contributed by atoms with Crippen molar-refractivity contribution in [3.05, 3.63) is 71.2 Å². The fourth-order valence-electron chi connectivity index (χ4n) is 3.09. The summed E-state index contributed by atoms with van der Waals surface area (Å²) in [4.78, 5) is 22.4. The lowest BCUT2D eigenvalue weighted by Gasteiger charge is -2.26. The van der Waals surface area contributed by atoms with Crippen molar-refractivity contribution in [2.75, 3.05) is 31.6 Å². The van der Waals surface area contributed by atoms with E-state index in [9.17, 15) is 9.18 Å². The number of hydrogen-bond acceptors (Lipinski definition) is 5. The molecule has 1 aromatic carbocycles. The number of hydrogen-bond donors (Lipinski definition) is 1. The monoisotopic (exact) mass is 415 g/mol. The van der Waals surface area contributed by atoms with Crippen LogP contribution in [0.2, 0.25) is 5.02 Å². The van der Waals surface area contributed by atoms with Crippen LogP contribution in [0.4, 0.5) is 10.2 Å². The van der Waals surface area contributed by atoms with Crippen molar-refractivity contribution in [1.29, 1.82) is 0 Å². The number of halogens is 2. The average Bonchev–Trinajstić information content (AvgIpc) is 3.27. The van der Waals surface area contributed by atoms with Crippen LogP contribution in [0.25, 0.3) is 5.69 Å². The molecule has 7 nitrogen and oxygen atoms in total. The van der Waals surface area contributed by atoms with E-state index in [0.29, 0.717) is 54.9 Å². The molecule has 2 aromatic heterocycles. The van der Waals surface area contributed by atoms with Crippen LogP contribution >= 0.6 is 11.6 Å². The van der Waals surface area contributed by atoms with E-state index < -0.39 is 0 Å². The second-order valence-corrected chi connectivity index (χ2v) is 6.98. The van der Waals surface area contributed by atoms with E-state index in [1.807, 2.05) is 6.07 Å². The molecule has 1 aliphatic heterocycles. The zero-order valence-corrected chi connectivity index (χ0v) is 16.3. The minimum absolute atomic E-state index is 0.119. The van der Waals surface area contributed by atoms with Gasteiger partial charge in [0, 0.05) is 38.2 Å². The number of pyridine rings is 1. The Balaban J connectivity index is 1.42. The molecule has 0 radical (unpaired) electrons. The minimum atomic E-state index is -0.354. The molecule has 4 rings (SSSR count). The largest absolute Gasteiger partial charge is 0.378 e. The zero-order valence-electron chi connectivity index (χ0n) is 15.5. The predicted molar refractivity (Wildman–Crippen MR) is 107 cm³/mol. The second kappa shape index (κ2) is 8.59. The van der Waals surface area contributed by atoms with Gasteiger partial charge < -0.3 is 19.5 Å². The Kier molecular flexibility index (Phi) is 5.73. The van der Waals surface area contributed by atoms with Crippen LogP contribution in [-0.2, 0) is 11.3 Å². The highest BCUT2D eigenvalue weighted by Crippen LogP contribution is 2.22. The van der Waals surface area contributed by atoms with Crippen LogP contribution in [0.15, 0.2) is 49.2 Å². The lowest BCUT2D eigenvalue weighted by molar-refractivity contribution is 0.0302. The topological polar surface area (TPSA) is 72.3 Å². The van der Waals surface area contributed by atoms with Gasteiger partial charge in [-0.15, -0.1) is 0 Å². The predicted octanol–water partition coefficient (Wildman–Crippen LogP) is 3.14. The van der Waals surface area contributed by atoms with E-state index in [-0.39, 0.29) is 11.7 Å². The molecule has 1 N–H and O–H groups in total. The van der Waals surface area contributed by atoms with Crippen molar-refractivity contribution in [2.45, 2.75) is 6.54 Å². The molecule has 0 aliphatic carbocycles. The summed E-state index contributed by atoms with van der Waals surface area (Å²) in [6, 6.07) is 6.55. The number of morpholine rings is 1. The summed E-state index contributed by atoms with van der Waals surface area (Å²) in [5.41, 5.74) is 1.59. The molecule has 0 atom stereocenters. The third-order valence-electron chi connectivity index (χ3n) is 4.64. The van der Waals surface area contributed by atoms with Gasteiger partial charge in [0.05, 0.1) is 35.8 Å². The molecule has 29 heavy (non-hydrogen) atoms. The molecular weight excluding hydrogens is 397 g/mol. The first-order valence-electron chi connectivity index (χ1n) is 9.15. The Morgan fingerprint density at radius 1 is 1.28 bits per heavy atom. The highest BCUT2D eigenvalue weighted by atomic mass is 35.5. The van der Waals surface area contributed by atoms with E-state index in [2.05, 4.69) is 15.3 Å². The zero-order chi connectivity index (χ0) is 20.2. The first kappa shape index (κ1) is 19.4. The molecular formula is C20H19ClFN5O2. The van der Waals surface area contributed by atoms with Crippen LogP contribution < -0.4 is 5.32 Å². The number of aromatic nitrogens is 3. The third kappa shape index (κ3) is 4.38. The number of carbonyl (C=O) groups excluding carboxylic acids is 1. The minimum Gasteiger partial charge on any atom is -0.378 e. The van der Waals surface area contributed by atoms with E-state index in [1.54, 1.807) is 40.3 Å². The van der Waals surface area contributed by atoms with Crippen LogP contribution in [-0.4, -0.2) is 51.6 Å². The van der Waals surface area contributed by atoms with Crippen molar-refractivity contribution >= 4 is 23.3 Å². The van der Waals surface area contributed by atoms with Gasteiger partial charge in [0.15, 0.2) is 0 Å². The highest BCUT2D eigenvalue weighted by molar-refractivity contribution is 6.33. The summed E-state index contributed by atoms with van der Waals surface area (Å²) in [7, 11) is 0. The number of ether oxygens (including phenoxy) is 1. The molecule has 0 unspecified atom stereocenters. The number of nitrogens with zero attached hydrogens (tertiary/aromatic N) is 4. The summed E-state index contributed by atoms with van der Waals surface area (Å²) in [5.74, 6) is -0.0384. The van der Waals surface area contributed by atoms with Crippen molar-refractivity contribution in [2.24, 2.45) is 0 Å². The SMILES string of the molecule is O=C(c1cnc(NCc2ccc(-n3ccnc3)c(F)c2)c(Cl)c1)N1CCOCC1. The highest BCUT2D eigenvalue weighted by Gasteiger charge is 2.19. The quantitative estimate of drug-likeness (QED) is 0.693. The lowest BCUT2D eigenvalue weighted by atomic mass is 10.2. The number of carbonyl (C=O) groups is 1. The van der Waals surface area contributed by atoms with Crippen molar-refractivity contribution in [1.82, 2.24) is 19.4 Å². The fraction of sp³-hybridized carbons (Fsp3) is 0.250. The smallest absolute Gasteiger partial charge is 0.255 e. The molecule has 1 aliphatic rings. The van der Waals surface area contributed by atoms with Gasteiger partial charge in [-0.2, -0.15) is 0 Å². The number of amides is 1. The van der Waals surface area contributed by atoms with Gasteiger partial charge in [-0.3, -0.25) is 4.79 Å². The van der Waals surface area contributed by atoms with Gasteiger partial charge in [0.2, 0.25) is 0 Å². The van der Waals surface area contributed by atoms with E-state index >= 15 is 0 Å². The van der Waals surface area contributed by atoms with Crippen molar-refractivity contribution in [3.8, 4) is 5.69 Å². The van der Waals surface area contributed by atoms with E-state index in [1.165, 1.54) is 12.3 Å². The van der Waals surface area contributed by atoms with Gasteiger partial charge in [-0.25, -0.2) is 14.4 Å². The maximum absolute atomic E-state index is 14.4. The molecule has 3 aromatic rings. The van der Waals surface area contributed by atoms with Gasteiger partial charge in [-0.05, 0) is 23.8 Å². The number of imidazole rings is 1. The third-order valence-corrected chi connectivity index (χ3v) is 4.93. The Hall–Kier alpha value is -2.97. The fourth-order valence-corrected chi connectivity index (χ4v) is 3.32. The van der Waals surface area contributed by atoms with Gasteiger partial charge in [0.25, 0.3) is 5.91 Å². The van der Waals surface area contributed by atoms with Gasteiger partial charge in [0.1, 0.15) is 11.6 Å². The van der Waals surface area contributed by atoms with E-state index in [0.717, 1.165) is 5.56 Å². The van der Waals surface area contributed by atoms with Crippen molar-refractivity contribution < 1.29 is 13.9 Å². The Morgan fingerprint density at radius 3 is 2.79 bits per heavy atom. The second-order valence-electron chi connectivity index (χ2n) is 6.57. The molecule has 9 heteroatoms. The summed E-state index contributed by atoms with van der Waals surface area (Å²) < 4.78 is 21.2. The van der Waals surface area contributed by atoms with Crippen molar-refractivity contribution in [3.63, 3.8) is 0 Å². The normalized spacial score (nSPS) is 14.1. The summed E-state index contributed by atoms with van der Waals surface area (Å²) >= 11 is 6.30. The van der Waals surface area contributed by atoms with Crippen LogP contribution in [0, 0.1) is 5.82 Å². The number of benzene rings is 1. The maximum Gasteiger partial charge on any atom is 0.255 e. The molecule has 1 amide bonds. The lowest BCUT2D eigenvalue weighted by Crippen LogP contribution is -2.40. The van der Waals surface area contributed by atoms with Crippen LogP contribution in [0.3, 0.4) is 0 Å². The molecule has 0 bridgehead atoms. The van der Waals surface area contributed by atoms with Gasteiger partial charge in [-0.1, -0.05) is 17.7 Å². The molecule has 1 saturated heterocycles. The molecule has 0 saturated carbocycles. The molecule has 1 fully saturated rings. The van der Waals surface area contributed by atoms with Crippen LogP contribution in [0.5, 0.6) is 0 Å². The molecule has 150 valence electrons.